The molecule has 0 amide bonds. The van der Waals surface area contributed by atoms with Crippen molar-refractivity contribution < 1.29 is 0 Å². The summed E-state index contributed by atoms with van der Waals surface area (Å²) in [7, 11) is 0. The Bertz CT molecular complexity index is 975. The monoisotopic (exact) mass is 365 g/mol. The van der Waals surface area contributed by atoms with Gasteiger partial charge in [0, 0.05) is 13.1 Å². The van der Waals surface area contributed by atoms with Crippen molar-refractivity contribution >= 4 is 17.0 Å². The fraction of sp³-hybridized carbons (Fsp3) is 0.476. The molecule has 6 heteroatoms. The summed E-state index contributed by atoms with van der Waals surface area (Å²) in [5, 5.41) is 4.94. The van der Waals surface area contributed by atoms with Crippen LogP contribution in [0.25, 0.3) is 11.0 Å². The topological polar surface area (TPSA) is 66.8 Å². The summed E-state index contributed by atoms with van der Waals surface area (Å²) >= 11 is 0. The second kappa shape index (κ2) is 6.83. The van der Waals surface area contributed by atoms with Crippen LogP contribution in [0.1, 0.15) is 39.2 Å². The molecule has 1 saturated heterocycles. The highest BCUT2D eigenvalue weighted by Gasteiger charge is 2.24. The fourth-order valence-electron chi connectivity index (χ4n) is 3.84. The standard InChI is InChI=1S/C21H27N5O/c1-21(2,3)26-18-17(14-22-26)19(27)24-20(23-18)25-11-9-16(10-12-25)13-15-7-5-4-6-8-15/h4-8,14,16H,9-13H2,1-3H3,(H,23,24,27). The van der Waals surface area contributed by atoms with E-state index in [0.29, 0.717) is 22.9 Å². The molecule has 142 valence electrons. The largest absolute Gasteiger partial charge is 0.342 e. The molecule has 0 spiro atoms. The van der Waals surface area contributed by atoms with Gasteiger partial charge in [-0.3, -0.25) is 9.78 Å². The van der Waals surface area contributed by atoms with Crippen LogP contribution in [0.15, 0.2) is 41.3 Å². The van der Waals surface area contributed by atoms with E-state index in [1.165, 1.54) is 5.56 Å². The molecule has 1 aliphatic rings. The molecule has 0 saturated carbocycles. The number of aromatic nitrogens is 4. The first-order valence-electron chi connectivity index (χ1n) is 9.69. The number of rotatable bonds is 3. The molecule has 0 radical (unpaired) electrons. The van der Waals surface area contributed by atoms with Crippen molar-refractivity contribution in [3.8, 4) is 0 Å². The Morgan fingerprint density at radius 2 is 1.85 bits per heavy atom. The summed E-state index contributed by atoms with van der Waals surface area (Å²) in [5.41, 5.74) is 1.73. The maximum absolute atomic E-state index is 12.5. The number of hydrogen-bond donors (Lipinski definition) is 1. The van der Waals surface area contributed by atoms with E-state index < -0.39 is 0 Å². The highest BCUT2D eigenvalue weighted by Crippen LogP contribution is 2.25. The van der Waals surface area contributed by atoms with Gasteiger partial charge in [-0.05, 0) is 51.5 Å². The number of H-pyrrole nitrogens is 1. The van der Waals surface area contributed by atoms with Gasteiger partial charge in [-0.1, -0.05) is 30.3 Å². The molecule has 0 atom stereocenters. The van der Waals surface area contributed by atoms with Crippen molar-refractivity contribution in [1.82, 2.24) is 19.7 Å². The predicted octanol–water partition coefficient (Wildman–Crippen LogP) is 3.33. The van der Waals surface area contributed by atoms with Crippen LogP contribution < -0.4 is 10.5 Å². The molecule has 1 aliphatic heterocycles. The molecule has 27 heavy (non-hydrogen) atoms. The van der Waals surface area contributed by atoms with Crippen molar-refractivity contribution in [2.24, 2.45) is 5.92 Å². The van der Waals surface area contributed by atoms with Crippen LogP contribution in [0.4, 0.5) is 5.95 Å². The summed E-state index contributed by atoms with van der Waals surface area (Å²) in [6.45, 7) is 8.02. The normalized spacial score (nSPS) is 16.2. The van der Waals surface area contributed by atoms with Gasteiger partial charge in [-0.25, -0.2) is 4.68 Å². The molecule has 1 aromatic carbocycles. The number of piperidine rings is 1. The van der Waals surface area contributed by atoms with Crippen LogP contribution in [0, 0.1) is 5.92 Å². The van der Waals surface area contributed by atoms with Gasteiger partial charge >= 0.3 is 0 Å². The summed E-state index contributed by atoms with van der Waals surface area (Å²) < 4.78 is 1.84. The molecule has 3 heterocycles. The van der Waals surface area contributed by atoms with Crippen molar-refractivity contribution in [3.63, 3.8) is 0 Å². The fourth-order valence-corrected chi connectivity index (χ4v) is 3.84. The lowest BCUT2D eigenvalue weighted by molar-refractivity contribution is 0.365. The van der Waals surface area contributed by atoms with Crippen LogP contribution in [-0.2, 0) is 12.0 Å². The first-order valence-corrected chi connectivity index (χ1v) is 9.69. The van der Waals surface area contributed by atoms with Gasteiger partial charge in [0.1, 0.15) is 5.39 Å². The van der Waals surface area contributed by atoms with Crippen LogP contribution in [0.2, 0.25) is 0 Å². The van der Waals surface area contributed by atoms with Gasteiger partial charge in [0.05, 0.1) is 11.7 Å². The number of fused-ring (bicyclic) bond motifs is 1. The van der Waals surface area contributed by atoms with E-state index in [0.717, 1.165) is 32.4 Å². The average molecular weight is 365 g/mol. The van der Waals surface area contributed by atoms with E-state index in [-0.39, 0.29) is 11.1 Å². The van der Waals surface area contributed by atoms with Gasteiger partial charge in [0.15, 0.2) is 5.65 Å². The quantitative estimate of drug-likeness (QED) is 0.773. The Kier molecular flexibility index (Phi) is 4.50. The minimum atomic E-state index is -0.220. The highest BCUT2D eigenvalue weighted by molar-refractivity contribution is 5.74. The molecular formula is C21H27N5O. The van der Waals surface area contributed by atoms with E-state index in [1.807, 2.05) is 4.68 Å². The zero-order chi connectivity index (χ0) is 19.0. The van der Waals surface area contributed by atoms with E-state index in [9.17, 15) is 4.79 Å². The van der Waals surface area contributed by atoms with E-state index in [2.05, 4.69) is 66.1 Å². The third-order valence-electron chi connectivity index (χ3n) is 5.34. The van der Waals surface area contributed by atoms with Crippen LogP contribution in [-0.4, -0.2) is 32.8 Å². The van der Waals surface area contributed by atoms with Gasteiger partial charge in [0.2, 0.25) is 5.95 Å². The number of nitrogens with zero attached hydrogens (tertiary/aromatic N) is 4. The maximum atomic E-state index is 12.5. The Morgan fingerprint density at radius 3 is 2.52 bits per heavy atom. The number of benzene rings is 1. The van der Waals surface area contributed by atoms with Gasteiger partial charge < -0.3 is 4.90 Å². The first kappa shape index (κ1) is 17.8. The number of anilines is 1. The van der Waals surface area contributed by atoms with Gasteiger partial charge in [-0.15, -0.1) is 0 Å². The molecule has 1 N–H and O–H groups in total. The third kappa shape index (κ3) is 3.61. The van der Waals surface area contributed by atoms with Crippen molar-refractivity contribution in [2.45, 2.75) is 45.6 Å². The molecule has 3 aromatic rings. The number of hydrogen-bond acceptors (Lipinski definition) is 4. The Labute approximate surface area is 159 Å². The van der Waals surface area contributed by atoms with E-state index in [4.69, 9.17) is 4.98 Å². The molecule has 6 nitrogen and oxygen atoms in total. The summed E-state index contributed by atoms with van der Waals surface area (Å²) in [4.78, 5) is 22.4. The van der Waals surface area contributed by atoms with Crippen molar-refractivity contribution in [3.05, 3.63) is 52.4 Å². The lowest BCUT2D eigenvalue weighted by Gasteiger charge is -2.32. The Morgan fingerprint density at radius 1 is 1.15 bits per heavy atom. The molecule has 0 aliphatic carbocycles. The lowest BCUT2D eigenvalue weighted by Crippen LogP contribution is -2.36. The average Bonchev–Trinajstić information content (AvgIpc) is 3.08. The Balaban J connectivity index is 1.53. The molecule has 2 aromatic heterocycles. The number of aromatic amines is 1. The molecular weight excluding hydrogens is 338 g/mol. The molecule has 1 fully saturated rings. The predicted molar refractivity (Wildman–Crippen MR) is 108 cm³/mol. The summed E-state index contributed by atoms with van der Waals surface area (Å²) in [6.07, 6.45) is 4.95. The maximum Gasteiger partial charge on any atom is 0.263 e. The van der Waals surface area contributed by atoms with Gasteiger partial charge in [-0.2, -0.15) is 10.1 Å². The zero-order valence-corrected chi connectivity index (χ0v) is 16.3. The number of nitrogens with one attached hydrogen (secondary N) is 1. The van der Waals surface area contributed by atoms with Crippen LogP contribution in [0.3, 0.4) is 0 Å². The van der Waals surface area contributed by atoms with Crippen molar-refractivity contribution in [2.75, 3.05) is 18.0 Å². The minimum absolute atomic E-state index is 0.114. The van der Waals surface area contributed by atoms with E-state index >= 15 is 0 Å². The highest BCUT2D eigenvalue weighted by atomic mass is 16.1. The summed E-state index contributed by atoms with van der Waals surface area (Å²) in [6, 6.07) is 10.7. The van der Waals surface area contributed by atoms with E-state index in [1.54, 1.807) is 6.20 Å². The summed E-state index contributed by atoms with van der Waals surface area (Å²) in [5.74, 6) is 1.34. The third-order valence-corrected chi connectivity index (χ3v) is 5.34. The second-order valence-electron chi connectivity index (χ2n) is 8.47. The lowest BCUT2D eigenvalue weighted by atomic mass is 9.90. The molecule has 0 bridgehead atoms. The minimum Gasteiger partial charge on any atom is -0.342 e. The smallest absolute Gasteiger partial charge is 0.263 e. The zero-order valence-electron chi connectivity index (χ0n) is 16.3. The van der Waals surface area contributed by atoms with Crippen LogP contribution >= 0.6 is 0 Å². The second-order valence-corrected chi connectivity index (χ2v) is 8.47. The molecule has 4 rings (SSSR count). The van der Waals surface area contributed by atoms with Crippen molar-refractivity contribution in [1.29, 1.82) is 0 Å². The first-order chi connectivity index (χ1) is 12.9. The SMILES string of the molecule is CC(C)(C)n1ncc2c(=O)[nH]c(N3CCC(Cc4ccccc4)CC3)nc21. The van der Waals surface area contributed by atoms with Gasteiger partial charge in [0.25, 0.3) is 5.56 Å². The Hall–Kier alpha value is -2.63. The van der Waals surface area contributed by atoms with Crippen LogP contribution in [0.5, 0.6) is 0 Å². The molecule has 0 unspecified atom stereocenters.